The highest BCUT2D eigenvalue weighted by Gasteiger charge is 2.10. The average molecular weight is 324 g/mol. The quantitative estimate of drug-likeness (QED) is 0.758. The van der Waals surface area contributed by atoms with Crippen LogP contribution in [-0.2, 0) is 6.42 Å². The summed E-state index contributed by atoms with van der Waals surface area (Å²) in [5.74, 6) is 1.45. The average Bonchev–Trinajstić information content (AvgIpc) is 2.58. The zero-order chi connectivity index (χ0) is 17.5. The molecule has 0 aliphatic carbocycles. The molecule has 6 nitrogen and oxygen atoms in total. The van der Waals surface area contributed by atoms with Gasteiger partial charge >= 0.3 is 0 Å². The van der Waals surface area contributed by atoms with E-state index >= 15 is 0 Å². The zero-order valence-electron chi connectivity index (χ0n) is 14.5. The predicted octanol–water partition coefficient (Wildman–Crippen LogP) is 3.47. The number of rotatable bonds is 7. The van der Waals surface area contributed by atoms with Crippen molar-refractivity contribution in [1.29, 1.82) is 5.26 Å². The highest BCUT2D eigenvalue weighted by atomic mass is 15.2. The van der Waals surface area contributed by atoms with E-state index in [0.717, 1.165) is 43.1 Å². The number of nitriles is 1. The van der Waals surface area contributed by atoms with Crippen LogP contribution in [0.5, 0.6) is 0 Å². The van der Waals surface area contributed by atoms with Crippen LogP contribution < -0.4 is 16.0 Å². The Bertz CT molecular complexity index is 731. The van der Waals surface area contributed by atoms with E-state index in [0.29, 0.717) is 17.2 Å². The third-order valence-corrected chi connectivity index (χ3v) is 3.79. The second kappa shape index (κ2) is 8.16. The van der Waals surface area contributed by atoms with Gasteiger partial charge in [0.2, 0.25) is 5.95 Å². The maximum Gasteiger partial charge on any atom is 0.229 e. The molecule has 1 aromatic heterocycles. The van der Waals surface area contributed by atoms with Gasteiger partial charge in [-0.15, -0.1) is 0 Å². The first-order valence-corrected chi connectivity index (χ1v) is 8.30. The van der Waals surface area contributed by atoms with Crippen LogP contribution in [0.25, 0.3) is 0 Å². The minimum atomic E-state index is 0.439. The maximum absolute atomic E-state index is 9.11. The van der Waals surface area contributed by atoms with Crippen molar-refractivity contribution in [2.75, 3.05) is 29.0 Å². The summed E-state index contributed by atoms with van der Waals surface area (Å²) in [7, 11) is 0. The summed E-state index contributed by atoms with van der Waals surface area (Å²) in [5.41, 5.74) is 8.43. The molecule has 3 N–H and O–H groups in total. The summed E-state index contributed by atoms with van der Waals surface area (Å²) >= 11 is 0. The molecule has 0 fully saturated rings. The lowest BCUT2D eigenvalue weighted by molar-refractivity contribution is 0.824. The summed E-state index contributed by atoms with van der Waals surface area (Å²) < 4.78 is 0. The molecule has 1 heterocycles. The number of hydrogen-bond acceptors (Lipinski definition) is 6. The molecule has 1 aromatic carbocycles. The number of nitrogens with two attached hydrogens (primary N) is 1. The van der Waals surface area contributed by atoms with Crippen molar-refractivity contribution in [1.82, 2.24) is 9.97 Å². The van der Waals surface area contributed by atoms with Gasteiger partial charge in [0.25, 0.3) is 0 Å². The van der Waals surface area contributed by atoms with Gasteiger partial charge in [0.1, 0.15) is 11.9 Å². The van der Waals surface area contributed by atoms with Crippen LogP contribution in [0.2, 0.25) is 0 Å². The Balaban J connectivity index is 2.36. The van der Waals surface area contributed by atoms with Gasteiger partial charge in [-0.3, -0.25) is 0 Å². The molecule has 0 spiro atoms. The van der Waals surface area contributed by atoms with Gasteiger partial charge < -0.3 is 16.0 Å². The van der Waals surface area contributed by atoms with Crippen LogP contribution in [0.4, 0.5) is 23.1 Å². The van der Waals surface area contributed by atoms with Crippen LogP contribution in [-0.4, -0.2) is 23.1 Å². The van der Waals surface area contributed by atoms with Gasteiger partial charge in [-0.05, 0) is 38.5 Å². The van der Waals surface area contributed by atoms with Crippen LogP contribution in [0.15, 0.2) is 24.3 Å². The number of aryl methyl sites for hydroxylation is 1. The molecule has 6 heteroatoms. The monoisotopic (exact) mass is 324 g/mol. The summed E-state index contributed by atoms with van der Waals surface area (Å²) in [4.78, 5) is 11.4. The van der Waals surface area contributed by atoms with Crippen LogP contribution in [0, 0.1) is 11.3 Å². The third kappa shape index (κ3) is 4.13. The Hall–Kier alpha value is -2.81. The molecule has 0 radical (unpaired) electrons. The lowest BCUT2D eigenvalue weighted by Gasteiger charge is -2.21. The molecule has 126 valence electrons. The van der Waals surface area contributed by atoms with Gasteiger partial charge in [0.15, 0.2) is 0 Å². The van der Waals surface area contributed by atoms with E-state index in [1.165, 1.54) is 0 Å². The van der Waals surface area contributed by atoms with E-state index in [-0.39, 0.29) is 0 Å². The predicted molar refractivity (Wildman–Crippen MR) is 98.4 cm³/mol. The molecule has 24 heavy (non-hydrogen) atoms. The molecule has 0 aliphatic heterocycles. The summed E-state index contributed by atoms with van der Waals surface area (Å²) in [6.07, 6.45) is 1.92. The number of nitrogens with zero attached hydrogens (tertiary/aromatic N) is 4. The highest BCUT2D eigenvalue weighted by Crippen LogP contribution is 2.22. The van der Waals surface area contributed by atoms with E-state index in [9.17, 15) is 0 Å². The molecule has 2 rings (SSSR count). The van der Waals surface area contributed by atoms with Crippen LogP contribution in [0.1, 0.15) is 38.4 Å². The first-order chi connectivity index (χ1) is 11.6. The number of anilines is 4. The normalized spacial score (nSPS) is 10.2. The number of nitrogens with one attached hydrogen (secondary N) is 1. The van der Waals surface area contributed by atoms with Crippen molar-refractivity contribution in [3.63, 3.8) is 0 Å². The van der Waals surface area contributed by atoms with Crippen molar-refractivity contribution < 1.29 is 0 Å². The molecule has 2 aromatic rings. The lowest BCUT2D eigenvalue weighted by atomic mass is 10.2. The fourth-order valence-corrected chi connectivity index (χ4v) is 2.49. The molecular weight excluding hydrogens is 300 g/mol. The van der Waals surface area contributed by atoms with Crippen molar-refractivity contribution in [3.05, 3.63) is 35.5 Å². The maximum atomic E-state index is 9.11. The topological polar surface area (TPSA) is 90.9 Å². The Morgan fingerprint density at radius 1 is 1.17 bits per heavy atom. The SMILES string of the molecule is CCCc1cc(N(CC)CC)nc(Nc2ccc(N)c(C#N)c2)n1. The fraction of sp³-hybridized carbons (Fsp3) is 0.389. The van der Waals surface area contributed by atoms with Crippen LogP contribution in [0.3, 0.4) is 0 Å². The molecule has 0 saturated heterocycles. The molecule has 0 bridgehead atoms. The molecule has 0 amide bonds. The number of hydrogen-bond donors (Lipinski definition) is 2. The number of benzene rings is 1. The summed E-state index contributed by atoms with van der Waals surface area (Å²) in [6, 6.07) is 9.38. The Morgan fingerprint density at radius 2 is 1.92 bits per heavy atom. The van der Waals surface area contributed by atoms with Gasteiger partial charge in [-0.25, -0.2) is 4.98 Å². The molecular formula is C18H24N6. The fourth-order valence-electron chi connectivity index (χ4n) is 2.49. The second-order valence-electron chi connectivity index (χ2n) is 5.50. The van der Waals surface area contributed by atoms with E-state index in [2.05, 4.69) is 47.0 Å². The van der Waals surface area contributed by atoms with Gasteiger partial charge in [0.05, 0.1) is 5.56 Å². The summed E-state index contributed by atoms with van der Waals surface area (Å²) in [5, 5.41) is 12.3. The van der Waals surface area contributed by atoms with Crippen molar-refractivity contribution in [2.24, 2.45) is 0 Å². The van der Waals surface area contributed by atoms with Crippen molar-refractivity contribution in [2.45, 2.75) is 33.6 Å². The smallest absolute Gasteiger partial charge is 0.229 e. The highest BCUT2D eigenvalue weighted by molar-refractivity contribution is 5.65. The second-order valence-corrected chi connectivity index (χ2v) is 5.50. The first-order valence-electron chi connectivity index (χ1n) is 8.30. The molecule has 0 aliphatic rings. The van der Waals surface area contributed by atoms with Crippen LogP contribution >= 0.6 is 0 Å². The summed E-state index contributed by atoms with van der Waals surface area (Å²) in [6.45, 7) is 8.12. The van der Waals surface area contributed by atoms with E-state index in [1.807, 2.05) is 12.1 Å². The molecule has 0 saturated carbocycles. The minimum absolute atomic E-state index is 0.439. The number of aromatic nitrogens is 2. The number of nitrogen functional groups attached to an aromatic ring is 1. The third-order valence-electron chi connectivity index (χ3n) is 3.79. The minimum Gasteiger partial charge on any atom is -0.398 e. The van der Waals surface area contributed by atoms with Gasteiger partial charge in [-0.1, -0.05) is 13.3 Å². The van der Waals surface area contributed by atoms with Crippen molar-refractivity contribution >= 4 is 23.1 Å². The lowest BCUT2D eigenvalue weighted by Crippen LogP contribution is -2.23. The van der Waals surface area contributed by atoms with E-state index < -0.39 is 0 Å². The Morgan fingerprint density at radius 3 is 2.54 bits per heavy atom. The Kier molecular flexibility index (Phi) is 5.96. The standard InChI is InChI=1S/C18H24N6/c1-4-7-14-11-17(24(5-2)6-3)23-18(21-14)22-15-8-9-16(20)13(10-15)12-19/h8-11H,4-7,20H2,1-3H3,(H,21,22,23). The zero-order valence-corrected chi connectivity index (χ0v) is 14.5. The van der Waals surface area contributed by atoms with E-state index in [4.69, 9.17) is 11.0 Å². The Labute approximate surface area is 143 Å². The molecule has 0 unspecified atom stereocenters. The largest absolute Gasteiger partial charge is 0.398 e. The van der Waals surface area contributed by atoms with E-state index in [1.54, 1.807) is 12.1 Å². The van der Waals surface area contributed by atoms with Crippen molar-refractivity contribution in [3.8, 4) is 6.07 Å². The van der Waals surface area contributed by atoms with Gasteiger partial charge in [0, 0.05) is 36.2 Å². The van der Waals surface area contributed by atoms with Gasteiger partial charge in [-0.2, -0.15) is 10.2 Å². The molecule has 0 atom stereocenters. The first kappa shape index (κ1) is 17.5.